The lowest BCUT2D eigenvalue weighted by atomic mass is 10.1. The van der Waals surface area contributed by atoms with Gasteiger partial charge in [0.15, 0.2) is 0 Å². The summed E-state index contributed by atoms with van der Waals surface area (Å²) in [6, 6.07) is 14.1. The molecular weight excluding hydrogens is 326 g/mol. The molecule has 1 aromatic heterocycles. The minimum absolute atomic E-state index is 0.772. The molecule has 0 atom stereocenters. The molecule has 1 saturated heterocycles. The van der Waals surface area contributed by atoms with E-state index in [1.807, 2.05) is 43.5 Å². The van der Waals surface area contributed by atoms with Crippen molar-refractivity contribution in [2.45, 2.75) is 6.92 Å². The SMILES string of the molecule is COc1cc(N2CCNCC2)cc2c(Oc3ccccc3)c(C)cnc12. The molecule has 1 fully saturated rings. The van der Waals surface area contributed by atoms with E-state index in [1.165, 1.54) is 0 Å². The average molecular weight is 349 g/mol. The van der Waals surface area contributed by atoms with Crippen molar-refractivity contribution in [2.75, 3.05) is 38.2 Å². The number of pyridine rings is 1. The first-order valence-corrected chi connectivity index (χ1v) is 8.92. The minimum atomic E-state index is 0.772. The summed E-state index contributed by atoms with van der Waals surface area (Å²) in [5, 5.41) is 4.37. The number of para-hydroxylation sites is 1. The van der Waals surface area contributed by atoms with Crippen molar-refractivity contribution >= 4 is 16.6 Å². The largest absolute Gasteiger partial charge is 0.494 e. The third kappa shape index (κ3) is 3.18. The summed E-state index contributed by atoms with van der Waals surface area (Å²) in [4.78, 5) is 6.97. The highest BCUT2D eigenvalue weighted by molar-refractivity contribution is 5.94. The summed E-state index contributed by atoms with van der Waals surface area (Å²) in [7, 11) is 1.69. The number of aromatic nitrogens is 1. The van der Waals surface area contributed by atoms with Crippen LogP contribution in [0.5, 0.6) is 17.2 Å². The fourth-order valence-electron chi connectivity index (χ4n) is 3.34. The fourth-order valence-corrected chi connectivity index (χ4v) is 3.34. The van der Waals surface area contributed by atoms with Gasteiger partial charge in [0.05, 0.1) is 7.11 Å². The molecule has 0 saturated carbocycles. The molecule has 0 aliphatic carbocycles. The van der Waals surface area contributed by atoms with E-state index in [-0.39, 0.29) is 0 Å². The summed E-state index contributed by atoms with van der Waals surface area (Å²) in [6.45, 7) is 5.94. The third-order valence-electron chi connectivity index (χ3n) is 4.71. The number of piperazine rings is 1. The molecule has 1 aliphatic heterocycles. The van der Waals surface area contributed by atoms with E-state index in [0.717, 1.165) is 65.6 Å². The molecule has 2 heterocycles. The van der Waals surface area contributed by atoms with E-state index >= 15 is 0 Å². The zero-order valence-electron chi connectivity index (χ0n) is 15.2. The van der Waals surface area contributed by atoms with Crippen LogP contribution in [0.25, 0.3) is 10.9 Å². The number of aryl methyl sites for hydroxylation is 1. The molecule has 0 bridgehead atoms. The number of rotatable bonds is 4. The summed E-state index contributed by atoms with van der Waals surface area (Å²) >= 11 is 0. The second-order valence-electron chi connectivity index (χ2n) is 6.47. The third-order valence-corrected chi connectivity index (χ3v) is 4.71. The molecule has 3 aromatic rings. The van der Waals surface area contributed by atoms with E-state index < -0.39 is 0 Å². The van der Waals surface area contributed by atoms with Crippen LogP contribution in [0.3, 0.4) is 0 Å². The van der Waals surface area contributed by atoms with Crippen LogP contribution in [0.4, 0.5) is 5.69 Å². The molecule has 4 rings (SSSR count). The van der Waals surface area contributed by atoms with Gasteiger partial charge in [-0.3, -0.25) is 4.98 Å². The second kappa shape index (κ2) is 7.22. The van der Waals surface area contributed by atoms with Crippen LogP contribution in [0, 0.1) is 6.92 Å². The van der Waals surface area contributed by atoms with Gasteiger partial charge in [0.25, 0.3) is 0 Å². The standard InChI is InChI=1S/C21H23N3O2/c1-15-14-23-20-18(21(15)26-17-6-4-3-5-7-17)12-16(13-19(20)25-2)24-10-8-22-9-11-24/h3-7,12-14,22H,8-11H2,1-2H3. The van der Waals surface area contributed by atoms with Gasteiger partial charge in [-0.2, -0.15) is 0 Å². The molecule has 0 amide bonds. The van der Waals surface area contributed by atoms with E-state index in [1.54, 1.807) is 7.11 Å². The first kappa shape index (κ1) is 16.7. The average Bonchev–Trinajstić information content (AvgIpc) is 2.70. The molecule has 134 valence electrons. The van der Waals surface area contributed by atoms with Crippen LogP contribution < -0.4 is 19.7 Å². The van der Waals surface area contributed by atoms with Crippen molar-refractivity contribution in [3.05, 3.63) is 54.2 Å². The predicted octanol–water partition coefficient (Wildman–Crippen LogP) is 3.75. The summed E-state index contributed by atoms with van der Waals surface area (Å²) in [6.07, 6.45) is 1.84. The maximum Gasteiger partial charge on any atom is 0.147 e. The Balaban J connectivity index is 1.85. The van der Waals surface area contributed by atoms with E-state index in [2.05, 4.69) is 27.3 Å². The number of ether oxygens (including phenoxy) is 2. The molecule has 2 aromatic carbocycles. The molecule has 0 radical (unpaired) electrons. The van der Waals surface area contributed by atoms with Gasteiger partial charge in [-0.15, -0.1) is 0 Å². The fraction of sp³-hybridized carbons (Fsp3) is 0.286. The molecule has 1 N–H and O–H groups in total. The Bertz CT molecular complexity index is 906. The Labute approximate surface area is 153 Å². The Kier molecular flexibility index (Phi) is 4.63. The van der Waals surface area contributed by atoms with Gasteiger partial charge in [0.1, 0.15) is 22.8 Å². The smallest absolute Gasteiger partial charge is 0.147 e. The molecule has 5 nitrogen and oxygen atoms in total. The van der Waals surface area contributed by atoms with Gasteiger partial charge in [-0.1, -0.05) is 18.2 Å². The zero-order chi connectivity index (χ0) is 17.9. The summed E-state index contributed by atoms with van der Waals surface area (Å²) in [5.41, 5.74) is 2.96. The van der Waals surface area contributed by atoms with Gasteiger partial charge >= 0.3 is 0 Å². The Hall–Kier alpha value is -2.79. The van der Waals surface area contributed by atoms with Gasteiger partial charge < -0.3 is 19.7 Å². The maximum absolute atomic E-state index is 6.24. The number of anilines is 1. The van der Waals surface area contributed by atoms with Crippen LogP contribution in [0.15, 0.2) is 48.7 Å². The van der Waals surface area contributed by atoms with E-state index in [9.17, 15) is 0 Å². The van der Waals surface area contributed by atoms with Gasteiger partial charge in [-0.05, 0) is 25.1 Å². The monoisotopic (exact) mass is 349 g/mol. The van der Waals surface area contributed by atoms with Crippen molar-refractivity contribution in [3.63, 3.8) is 0 Å². The van der Waals surface area contributed by atoms with Gasteiger partial charge in [0.2, 0.25) is 0 Å². The zero-order valence-corrected chi connectivity index (χ0v) is 15.2. The van der Waals surface area contributed by atoms with Crippen molar-refractivity contribution in [1.29, 1.82) is 0 Å². The summed E-state index contributed by atoms with van der Waals surface area (Å²) < 4.78 is 11.9. The molecule has 0 spiro atoms. The normalized spacial score (nSPS) is 14.5. The first-order chi connectivity index (χ1) is 12.8. The highest BCUT2D eigenvalue weighted by Crippen LogP contribution is 2.39. The second-order valence-corrected chi connectivity index (χ2v) is 6.47. The Morgan fingerprint density at radius 1 is 1.08 bits per heavy atom. The Morgan fingerprint density at radius 2 is 1.85 bits per heavy atom. The van der Waals surface area contributed by atoms with Gasteiger partial charge in [0, 0.05) is 55.1 Å². The lowest BCUT2D eigenvalue weighted by Gasteiger charge is -2.30. The number of benzene rings is 2. The Morgan fingerprint density at radius 3 is 2.58 bits per heavy atom. The van der Waals surface area contributed by atoms with Crippen LogP contribution in [0.1, 0.15) is 5.56 Å². The number of methoxy groups -OCH3 is 1. The number of nitrogens with zero attached hydrogens (tertiary/aromatic N) is 2. The molecular formula is C21H23N3O2. The van der Waals surface area contributed by atoms with Gasteiger partial charge in [-0.25, -0.2) is 0 Å². The molecule has 1 aliphatic rings. The topological polar surface area (TPSA) is 46.6 Å². The van der Waals surface area contributed by atoms with Crippen molar-refractivity contribution in [2.24, 2.45) is 0 Å². The number of fused-ring (bicyclic) bond motifs is 1. The van der Waals surface area contributed by atoms with Crippen LogP contribution in [-0.2, 0) is 0 Å². The van der Waals surface area contributed by atoms with E-state index in [4.69, 9.17) is 9.47 Å². The van der Waals surface area contributed by atoms with Crippen molar-refractivity contribution < 1.29 is 9.47 Å². The van der Waals surface area contributed by atoms with Crippen LogP contribution in [-0.4, -0.2) is 38.3 Å². The minimum Gasteiger partial charge on any atom is -0.494 e. The molecule has 0 unspecified atom stereocenters. The van der Waals surface area contributed by atoms with Crippen LogP contribution >= 0.6 is 0 Å². The lowest BCUT2D eigenvalue weighted by Crippen LogP contribution is -2.43. The number of nitrogens with one attached hydrogen (secondary N) is 1. The molecule has 5 heteroatoms. The number of hydrogen-bond acceptors (Lipinski definition) is 5. The highest BCUT2D eigenvalue weighted by Gasteiger charge is 2.17. The van der Waals surface area contributed by atoms with Crippen molar-refractivity contribution in [3.8, 4) is 17.2 Å². The molecule has 26 heavy (non-hydrogen) atoms. The van der Waals surface area contributed by atoms with E-state index in [0.29, 0.717) is 0 Å². The van der Waals surface area contributed by atoms with Crippen molar-refractivity contribution in [1.82, 2.24) is 10.3 Å². The first-order valence-electron chi connectivity index (χ1n) is 8.92. The highest BCUT2D eigenvalue weighted by atomic mass is 16.5. The number of hydrogen-bond donors (Lipinski definition) is 1. The maximum atomic E-state index is 6.24. The van der Waals surface area contributed by atoms with Crippen LogP contribution in [0.2, 0.25) is 0 Å². The quantitative estimate of drug-likeness (QED) is 0.777. The lowest BCUT2D eigenvalue weighted by molar-refractivity contribution is 0.418. The predicted molar refractivity (Wildman–Crippen MR) is 105 cm³/mol. The summed E-state index contributed by atoms with van der Waals surface area (Å²) in [5.74, 6) is 2.42.